The Labute approximate surface area is 149 Å². The molecule has 3 atom stereocenters. The van der Waals surface area contributed by atoms with Crippen LogP contribution < -0.4 is 10.1 Å². The minimum absolute atomic E-state index is 0.0309. The van der Waals surface area contributed by atoms with Gasteiger partial charge in [-0.05, 0) is 25.1 Å². The summed E-state index contributed by atoms with van der Waals surface area (Å²) < 4.78 is 10.1. The van der Waals surface area contributed by atoms with Gasteiger partial charge in [-0.15, -0.1) is 11.8 Å². The van der Waals surface area contributed by atoms with Crippen LogP contribution >= 0.6 is 11.8 Å². The Morgan fingerprint density at radius 1 is 1.28 bits per heavy atom. The van der Waals surface area contributed by atoms with Crippen molar-refractivity contribution in [3.05, 3.63) is 42.1 Å². The number of β-lactam (4-membered cyclic amide) rings is 1. The zero-order valence-electron chi connectivity index (χ0n) is 13.8. The van der Waals surface area contributed by atoms with Crippen LogP contribution in [-0.4, -0.2) is 53.1 Å². The van der Waals surface area contributed by atoms with E-state index in [1.165, 1.54) is 23.8 Å². The zero-order valence-corrected chi connectivity index (χ0v) is 14.6. The predicted octanol–water partition coefficient (Wildman–Crippen LogP) is 0.911. The van der Waals surface area contributed by atoms with E-state index in [2.05, 4.69) is 5.32 Å². The molecule has 2 heterocycles. The number of nitrogens with zero attached hydrogens (tertiary/aromatic N) is 1. The highest BCUT2D eigenvalue weighted by Gasteiger charge is 2.54. The maximum absolute atomic E-state index is 12.4. The summed E-state index contributed by atoms with van der Waals surface area (Å²) in [6, 6.07) is 8.28. The number of amides is 2. The van der Waals surface area contributed by atoms with Crippen LogP contribution in [0.1, 0.15) is 6.92 Å². The van der Waals surface area contributed by atoms with Crippen molar-refractivity contribution in [3.63, 3.8) is 0 Å². The molecule has 3 rings (SSSR count). The number of esters is 1. The van der Waals surface area contributed by atoms with E-state index in [-0.39, 0.29) is 34.7 Å². The molecule has 132 valence electrons. The number of nitrogens with one attached hydrogen (secondary N) is 1. The fourth-order valence-electron chi connectivity index (χ4n) is 2.71. The number of benzene rings is 1. The Morgan fingerprint density at radius 2 is 2.00 bits per heavy atom. The van der Waals surface area contributed by atoms with Gasteiger partial charge in [-0.25, -0.2) is 4.79 Å². The highest BCUT2D eigenvalue weighted by Crippen LogP contribution is 2.40. The summed E-state index contributed by atoms with van der Waals surface area (Å²) in [7, 11) is 1.27. The largest absolute Gasteiger partial charge is 0.484 e. The van der Waals surface area contributed by atoms with Gasteiger partial charge in [0.2, 0.25) is 0 Å². The first-order chi connectivity index (χ1) is 12.0. The van der Waals surface area contributed by atoms with Crippen LogP contribution in [0.4, 0.5) is 0 Å². The molecular weight excluding hydrogens is 344 g/mol. The quantitative estimate of drug-likeness (QED) is 0.619. The fraction of sp³-hybridized carbons (Fsp3) is 0.353. The van der Waals surface area contributed by atoms with Crippen molar-refractivity contribution in [1.82, 2.24) is 10.2 Å². The molecule has 2 aliphatic heterocycles. The van der Waals surface area contributed by atoms with Crippen molar-refractivity contribution in [1.29, 1.82) is 0 Å². The van der Waals surface area contributed by atoms with E-state index >= 15 is 0 Å². The third-order valence-corrected chi connectivity index (χ3v) is 5.20. The van der Waals surface area contributed by atoms with Gasteiger partial charge in [-0.3, -0.25) is 14.5 Å². The summed E-state index contributed by atoms with van der Waals surface area (Å²) in [6.45, 7) is 1.74. The lowest BCUT2D eigenvalue weighted by Gasteiger charge is -2.49. The zero-order chi connectivity index (χ0) is 18.0. The highest BCUT2D eigenvalue weighted by molar-refractivity contribution is 8.00. The Morgan fingerprint density at radius 3 is 2.68 bits per heavy atom. The van der Waals surface area contributed by atoms with E-state index in [9.17, 15) is 14.4 Å². The SMILES string of the molecule is COC(=O)C1=CC(C)S[C@@H]2[C@H](NC(=O)COc3ccccc3)C(=O)N12. The number of fused-ring (bicyclic) bond motifs is 1. The average Bonchev–Trinajstić information content (AvgIpc) is 2.63. The normalized spacial score (nSPS) is 24.6. The number of hydrogen-bond acceptors (Lipinski definition) is 6. The van der Waals surface area contributed by atoms with E-state index in [1.54, 1.807) is 30.3 Å². The molecule has 8 heteroatoms. The van der Waals surface area contributed by atoms with Crippen LogP contribution in [0, 0.1) is 0 Å². The van der Waals surface area contributed by atoms with Crippen molar-refractivity contribution in [2.45, 2.75) is 23.6 Å². The summed E-state index contributed by atoms with van der Waals surface area (Å²) in [4.78, 5) is 37.6. The molecule has 0 aromatic heterocycles. The average molecular weight is 362 g/mol. The molecule has 2 aliphatic rings. The molecule has 25 heavy (non-hydrogen) atoms. The maximum atomic E-state index is 12.4. The highest BCUT2D eigenvalue weighted by atomic mass is 32.2. The lowest BCUT2D eigenvalue weighted by Crippen LogP contribution is -2.70. The summed E-state index contributed by atoms with van der Waals surface area (Å²) in [5, 5.41) is 2.39. The van der Waals surface area contributed by atoms with Crippen LogP contribution in [0.15, 0.2) is 42.1 Å². The third-order valence-electron chi connectivity index (χ3n) is 3.87. The second-order valence-corrected chi connectivity index (χ2v) is 7.13. The minimum atomic E-state index is -0.673. The second-order valence-electron chi connectivity index (χ2n) is 5.63. The van der Waals surface area contributed by atoms with Gasteiger partial charge < -0.3 is 14.8 Å². The van der Waals surface area contributed by atoms with Crippen LogP contribution in [0.3, 0.4) is 0 Å². The smallest absolute Gasteiger partial charge is 0.354 e. The van der Waals surface area contributed by atoms with Crippen molar-refractivity contribution >= 4 is 29.5 Å². The topological polar surface area (TPSA) is 84.9 Å². The Bertz CT molecular complexity index is 721. The first kappa shape index (κ1) is 17.3. The lowest BCUT2D eigenvalue weighted by molar-refractivity contribution is -0.151. The minimum Gasteiger partial charge on any atom is -0.484 e. The van der Waals surface area contributed by atoms with Crippen LogP contribution in [0.2, 0.25) is 0 Å². The molecule has 1 N–H and O–H groups in total. The summed E-state index contributed by atoms with van der Waals surface area (Å²) >= 11 is 1.50. The fourth-order valence-corrected chi connectivity index (χ4v) is 4.03. The van der Waals surface area contributed by atoms with E-state index < -0.39 is 12.0 Å². The molecule has 1 fully saturated rings. The number of ether oxygens (including phenoxy) is 2. The van der Waals surface area contributed by atoms with Gasteiger partial charge in [-0.1, -0.05) is 18.2 Å². The Hall–Kier alpha value is -2.48. The molecule has 7 nitrogen and oxygen atoms in total. The number of hydrogen-bond donors (Lipinski definition) is 1. The van der Waals surface area contributed by atoms with Gasteiger partial charge in [0, 0.05) is 5.25 Å². The van der Waals surface area contributed by atoms with E-state index in [4.69, 9.17) is 9.47 Å². The number of para-hydroxylation sites is 1. The molecule has 1 aromatic rings. The predicted molar refractivity (Wildman–Crippen MR) is 91.7 cm³/mol. The molecule has 0 radical (unpaired) electrons. The van der Waals surface area contributed by atoms with Gasteiger partial charge in [0.15, 0.2) is 6.61 Å². The van der Waals surface area contributed by atoms with Crippen molar-refractivity contribution in [2.24, 2.45) is 0 Å². The van der Waals surface area contributed by atoms with Gasteiger partial charge in [-0.2, -0.15) is 0 Å². The Kier molecular flexibility index (Phi) is 4.98. The molecule has 1 aromatic carbocycles. The van der Waals surface area contributed by atoms with Crippen molar-refractivity contribution in [2.75, 3.05) is 13.7 Å². The molecule has 0 spiro atoms. The van der Waals surface area contributed by atoms with Crippen molar-refractivity contribution in [3.8, 4) is 5.75 Å². The Balaban J connectivity index is 1.60. The van der Waals surface area contributed by atoms with Gasteiger partial charge in [0.25, 0.3) is 11.8 Å². The molecule has 1 saturated heterocycles. The molecule has 0 aliphatic carbocycles. The summed E-state index contributed by atoms with van der Waals surface area (Å²) in [5.74, 6) is -0.683. The number of carbonyl (C=O) groups is 3. The first-order valence-corrected chi connectivity index (χ1v) is 8.71. The second kappa shape index (κ2) is 7.18. The van der Waals surface area contributed by atoms with E-state index in [1.807, 2.05) is 13.0 Å². The first-order valence-electron chi connectivity index (χ1n) is 7.77. The lowest BCUT2D eigenvalue weighted by atomic mass is 10.0. The maximum Gasteiger partial charge on any atom is 0.354 e. The molecule has 0 saturated carbocycles. The van der Waals surface area contributed by atoms with Gasteiger partial charge >= 0.3 is 5.97 Å². The van der Waals surface area contributed by atoms with Crippen molar-refractivity contribution < 1.29 is 23.9 Å². The number of carbonyl (C=O) groups excluding carboxylic acids is 3. The summed E-state index contributed by atoms with van der Waals surface area (Å²) in [6.07, 6.45) is 1.70. The van der Waals surface area contributed by atoms with Gasteiger partial charge in [0.05, 0.1) is 7.11 Å². The standard InChI is InChI=1S/C17H18N2O5S/c1-10-8-12(17(22)23-2)19-15(21)14(16(19)25-10)18-13(20)9-24-11-6-4-3-5-7-11/h3-8,10,14,16H,9H2,1-2H3,(H,18,20)/t10?,14-,16-/m1/s1. The number of methoxy groups -OCH3 is 1. The molecule has 0 bridgehead atoms. The van der Waals surface area contributed by atoms with Gasteiger partial charge in [0.1, 0.15) is 22.9 Å². The number of rotatable bonds is 5. The van der Waals surface area contributed by atoms with E-state index in [0.29, 0.717) is 5.75 Å². The molecule has 1 unspecified atom stereocenters. The molecular formula is C17H18N2O5S. The molecule has 2 amide bonds. The summed E-state index contributed by atoms with van der Waals surface area (Å²) in [5.41, 5.74) is 0.231. The van der Waals surface area contributed by atoms with E-state index in [0.717, 1.165) is 0 Å². The number of thioether (sulfide) groups is 1. The van der Waals surface area contributed by atoms with Crippen LogP contribution in [0.25, 0.3) is 0 Å². The monoisotopic (exact) mass is 362 g/mol. The van der Waals surface area contributed by atoms with Crippen LogP contribution in [-0.2, 0) is 19.1 Å². The third kappa shape index (κ3) is 3.48. The van der Waals surface area contributed by atoms with Crippen LogP contribution in [0.5, 0.6) is 5.75 Å².